The van der Waals surface area contributed by atoms with Crippen LogP contribution in [0.5, 0.6) is 6.01 Å². The number of ether oxygens (including phenoxy) is 1. The van der Waals surface area contributed by atoms with E-state index in [9.17, 15) is 4.79 Å². The van der Waals surface area contributed by atoms with Crippen LogP contribution < -0.4 is 20.8 Å². The molecule has 0 radical (unpaired) electrons. The highest BCUT2D eigenvalue weighted by Gasteiger charge is 2.22. The first kappa shape index (κ1) is 25.2. The molecule has 0 fully saturated rings. The molecule has 10 heteroatoms. The molecule has 1 aliphatic carbocycles. The van der Waals surface area contributed by atoms with Crippen LogP contribution in [0.1, 0.15) is 22.4 Å². The van der Waals surface area contributed by atoms with Gasteiger partial charge in [-0.2, -0.15) is 0 Å². The molecule has 2 N–H and O–H groups in total. The number of H-pyrrole nitrogens is 1. The number of carbonyl (C=O) groups excluding carboxylic acids is 1. The minimum atomic E-state index is -0.408. The zero-order valence-electron chi connectivity index (χ0n) is 22.0. The van der Waals surface area contributed by atoms with Crippen molar-refractivity contribution in [3.05, 3.63) is 117 Å². The van der Waals surface area contributed by atoms with Gasteiger partial charge in [-0.25, -0.2) is 19.3 Å². The molecule has 9 nitrogen and oxygen atoms in total. The summed E-state index contributed by atoms with van der Waals surface area (Å²) >= 11 is 0. The zero-order valence-corrected chi connectivity index (χ0v) is 22.0. The maximum atomic E-state index is 15.5. The summed E-state index contributed by atoms with van der Waals surface area (Å²) in [5.41, 5.74) is 6.64. The van der Waals surface area contributed by atoms with Crippen molar-refractivity contribution in [1.82, 2.24) is 29.8 Å². The summed E-state index contributed by atoms with van der Waals surface area (Å²) in [6.45, 7) is 6.12. The lowest BCUT2D eigenvalue weighted by molar-refractivity contribution is -0.116. The highest BCUT2D eigenvalue weighted by atomic mass is 19.1. The number of fused-ring (bicyclic) bond motifs is 2. The minimum Gasteiger partial charge on any atom is -0.421 e. The predicted octanol–water partition coefficient (Wildman–Crippen LogP) is 2.89. The molecule has 3 aliphatic heterocycles. The molecular formula is C30H26FN7O2. The number of nitrogens with zero attached hydrogens (tertiary/aromatic N) is 5. The molecule has 4 heterocycles. The van der Waals surface area contributed by atoms with Crippen molar-refractivity contribution < 1.29 is 13.9 Å². The monoisotopic (exact) mass is 535 g/mol. The van der Waals surface area contributed by atoms with Gasteiger partial charge in [-0.05, 0) is 58.7 Å². The average molecular weight is 536 g/mol. The first-order valence-electron chi connectivity index (χ1n) is 12.7. The van der Waals surface area contributed by atoms with Crippen molar-refractivity contribution in [2.24, 2.45) is 12.0 Å². The van der Waals surface area contributed by atoms with Gasteiger partial charge in [0.2, 0.25) is 5.91 Å². The quantitative estimate of drug-likeness (QED) is 0.369. The molecule has 0 bridgehead atoms. The lowest BCUT2D eigenvalue weighted by Gasteiger charge is -2.16. The molecule has 4 aliphatic rings. The third-order valence-corrected chi connectivity index (χ3v) is 6.99. The Bertz CT molecular complexity index is 1950. The topological polar surface area (TPSA) is 110 Å². The van der Waals surface area contributed by atoms with E-state index in [1.54, 1.807) is 24.7 Å². The summed E-state index contributed by atoms with van der Waals surface area (Å²) in [5.74, 6) is -0.564. The van der Waals surface area contributed by atoms with E-state index in [1.807, 2.05) is 48.9 Å². The summed E-state index contributed by atoms with van der Waals surface area (Å²) in [5, 5.41) is 4.46. The molecule has 1 aromatic heterocycles. The van der Waals surface area contributed by atoms with Crippen molar-refractivity contribution in [3.8, 4) is 17.3 Å². The average Bonchev–Trinajstić information content (AvgIpc) is 3.39. The fourth-order valence-electron chi connectivity index (χ4n) is 4.95. The van der Waals surface area contributed by atoms with Gasteiger partial charge in [0.25, 0.3) is 0 Å². The summed E-state index contributed by atoms with van der Waals surface area (Å²) < 4.78 is 23.4. The van der Waals surface area contributed by atoms with E-state index >= 15 is 4.39 Å². The summed E-state index contributed by atoms with van der Waals surface area (Å²) in [6.07, 6.45) is 6.19. The Hall–Kier alpha value is -5.12. The standard InChI is InChI=1S/C30H26FN7O2/c1-4-26(39)33-14-18-5-7-19(8-6-18)24-11-20-12-25(40-30-32-10-9-17(2)37-30)23(31)13-21(20)22-15-34-28-27(22)29(38(24)3)36-16-35-28/h4-12,16H,1,13-15H2,2-3H3,(H,33,39)(H,34,35,36). The minimum absolute atomic E-state index is 0.0427. The summed E-state index contributed by atoms with van der Waals surface area (Å²) in [6, 6.07) is 11.7. The largest absolute Gasteiger partial charge is 0.421 e. The van der Waals surface area contributed by atoms with Crippen molar-refractivity contribution >= 4 is 12.0 Å². The second-order valence-corrected chi connectivity index (χ2v) is 9.56. The van der Waals surface area contributed by atoms with Gasteiger partial charge in [0.15, 0.2) is 5.76 Å². The van der Waals surface area contributed by atoms with Crippen molar-refractivity contribution in [1.29, 1.82) is 0 Å². The van der Waals surface area contributed by atoms with E-state index in [4.69, 9.17) is 4.74 Å². The Morgan fingerprint density at radius 1 is 1.23 bits per heavy atom. The van der Waals surface area contributed by atoms with Gasteiger partial charge in [0, 0.05) is 37.6 Å². The highest BCUT2D eigenvalue weighted by molar-refractivity contribution is 5.86. The molecule has 200 valence electrons. The molecular weight excluding hydrogens is 509 g/mol. The van der Waals surface area contributed by atoms with Crippen LogP contribution in [-0.4, -0.2) is 30.4 Å². The number of benzene rings is 1. The van der Waals surface area contributed by atoms with Crippen LogP contribution in [0.25, 0.3) is 17.3 Å². The predicted molar refractivity (Wildman–Crippen MR) is 146 cm³/mol. The van der Waals surface area contributed by atoms with Gasteiger partial charge in [0.05, 0.1) is 18.1 Å². The van der Waals surface area contributed by atoms with Crippen molar-refractivity contribution in [2.45, 2.75) is 26.4 Å². The normalized spacial score (nSPS) is 13.3. The fourth-order valence-corrected chi connectivity index (χ4v) is 4.95. The summed E-state index contributed by atoms with van der Waals surface area (Å²) in [7, 11) is 1.95. The van der Waals surface area contributed by atoms with Crippen LogP contribution in [0.15, 0.2) is 78.2 Å². The third-order valence-electron chi connectivity index (χ3n) is 6.99. The van der Waals surface area contributed by atoms with Gasteiger partial charge in [-0.3, -0.25) is 9.79 Å². The number of halogens is 1. The second-order valence-electron chi connectivity index (χ2n) is 9.56. The smallest absolute Gasteiger partial charge is 0.322 e. The molecule has 40 heavy (non-hydrogen) atoms. The SMILES string of the molecule is C=CC(=O)NCc1ccc(-c2cc3c(c4c5c([nH]cnc=5n2C)=NC4)CC(F)=C(Oc2nccc(C)n2)C=3)cc1. The number of nitrogens with one attached hydrogen (secondary N) is 2. The summed E-state index contributed by atoms with van der Waals surface area (Å²) in [4.78, 5) is 32.4. The molecule has 6 rings (SSSR count). The Morgan fingerprint density at radius 3 is 2.83 bits per heavy atom. The first-order chi connectivity index (χ1) is 19.4. The number of rotatable bonds is 6. The highest BCUT2D eigenvalue weighted by Crippen LogP contribution is 2.25. The van der Waals surface area contributed by atoms with Crippen LogP contribution in [0, 0.1) is 17.6 Å². The maximum Gasteiger partial charge on any atom is 0.322 e. The van der Waals surface area contributed by atoms with Gasteiger partial charge >= 0.3 is 6.01 Å². The second kappa shape index (κ2) is 10.2. The third kappa shape index (κ3) is 4.64. The van der Waals surface area contributed by atoms with Gasteiger partial charge < -0.3 is 19.6 Å². The lowest BCUT2D eigenvalue weighted by Crippen LogP contribution is -2.21. The Morgan fingerprint density at radius 2 is 2.05 bits per heavy atom. The molecule has 0 unspecified atom stereocenters. The Kier molecular flexibility index (Phi) is 6.43. The number of carbonyl (C=O) groups is 1. The number of aromatic nitrogens is 5. The number of allylic oxidation sites excluding steroid dienone is 2. The van der Waals surface area contributed by atoms with E-state index in [0.717, 1.165) is 49.6 Å². The molecule has 2 aromatic rings. The van der Waals surface area contributed by atoms with Gasteiger partial charge in [-0.1, -0.05) is 30.8 Å². The van der Waals surface area contributed by atoms with E-state index in [2.05, 4.69) is 36.8 Å². The van der Waals surface area contributed by atoms with E-state index < -0.39 is 5.83 Å². The van der Waals surface area contributed by atoms with E-state index in [0.29, 0.717) is 18.6 Å². The van der Waals surface area contributed by atoms with Gasteiger partial charge in [-0.15, -0.1) is 0 Å². The van der Waals surface area contributed by atoms with Crippen LogP contribution in [0.2, 0.25) is 0 Å². The molecule has 1 amide bonds. The van der Waals surface area contributed by atoms with Crippen LogP contribution >= 0.6 is 0 Å². The number of hydrogen-bond donors (Lipinski definition) is 2. The molecule has 0 saturated heterocycles. The molecule has 0 atom stereocenters. The Labute approximate surface area is 228 Å². The van der Waals surface area contributed by atoms with Crippen molar-refractivity contribution in [3.63, 3.8) is 0 Å². The molecule has 0 saturated carbocycles. The molecule has 1 aromatic carbocycles. The van der Waals surface area contributed by atoms with E-state index in [1.165, 1.54) is 6.08 Å². The fraction of sp³-hybridized carbons (Fsp3) is 0.167. The van der Waals surface area contributed by atoms with E-state index in [-0.39, 0.29) is 24.1 Å². The number of aryl methyl sites for hydroxylation is 1. The first-order valence-corrected chi connectivity index (χ1v) is 12.7. The van der Waals surface area contributed by atoms with Crippen LogP contribution in [0.3, 0.4) is 0 Å². The van der Waals surface area contributed by atoms with Crippen molar-refractivity contribution in [2.75, 3.05) is 0 Å². The number of aromatic amines is 1. The van der Waals surface area contributed by atoms with Gasteiger partial charge in [0.1, 0.15) is 16.8 Å². The van der Waals surface area contributed by atoms with Crippen LogP contribution in [-0.2, 0) is 31.4 Å². The number of amides is 1. The molecule has 0 spiro atoms. The maximum absolute atomic E-state index is 15.5. The van der Waals surface area contributed by atoms with Crippen LogP contribution in [0.4, 0.5) is 4.39 Å². The number of hydrogen-bond acceptors (Lipinski definition) is 6. The lowest BCUT2D eigenvalue weighted by atomic mass is 9.97. The Balaban J connectivity index is 1.55. The zero-order chi connectivity index (χ0) is 27.8.